The van der Waals surface area contributed by atoms with Crippen molar-refractivity contribution in [3.05, 3.63) is 28.8 Å². The number of nitrogens with two attached hydrogens (primary N) is 1. The molecule has 94 valence electrons. The Balaban J connectivity index is 2.36. The molecule has 0 bridgehead atoms. The molecule has 0 spiro atoms. The lowest BCUT2D eigenvalue weighted by atomic mass is 9.99. The largest absolute Gasteiger partial charge is 0.369 e. The van der Waals surface area contributed by atoms with Crippen LogP contribution in [-0.4, -0.2) is 12.6 Å². The van der Waals surface area contributed by atoms with E-state index in [-0.39, 0.29) is 6.04 Å². The van der Waals surface area contributed by atoms with E-state index < -0.39 is 0 Å². The molecule has 1 aliphatic heterocycles. The molecule has 2 rings (SSSR count). The molecular weight excluding hydrogens is 232 g/mol. The van der Waals surface area contributed by atoms with Crippen molar-refractivity contribution in [2.24, 2.45) is 5.73 Å². The molecule has 0 aromatic heterocycles. The fourth-order valence-electron chi connectivity index (χ4n) is 2.61. The first-order valence-corrected chi connectivity index (χ1v) is 6.79. The van der Waals surface area contributed by atoms with Crippen LogP contribution in [0.2, 0.25) is 5.02 Å². The van der Waals surface area contributed by atoms with Crippen molar-refractivity contribution in [1.82, 2.24) is 0 Å². The molecule has 0 amide bonds. The number of benzene rings is 1. The summed E-state index contributed by atoms with van der Waals surface area (Å²) in [6, 6.07) is 6.70. The van der Waals surface area contributed by atoms with Crippen LogP contribution in [0.1, 0.15) is 44.7 Å². The average molecular weight is 253 g/mol. The van der Waals surface area contributed by atoms with Crippen molar-refractivity contribution in [1.29, 1.82) is 0 Å². The number of anilines is 1. The molecule has 1 fully saturated rings. The van der Waals surface area contributed by atoms with Crippen LogP contribution >= 0.6 is 11.6 Å². The highest BCUT2D eigenvalue weighted by molar-refractivity contribution is 6.30. The predicted molar refractivity (Wildman–Crippen MR) is 74.7 cm³/mol. The SMILES string of the molecule is C[C@H](N)c1cc(Cl)ccc1N1CCCC[C@@H]1C. The third-order valence-electron chi connectivity index (χ3n) is 3.59. The summed E-state index contributed by atoms with van der Waals surface area (Å²) in [6.45, 7) is 5.44. The third kappa shape index (κ3) is 2.75. The number of halogens is 1. The molecular formula is C14H21ClN2. The Morgan fingerprint density at radius 3 is 2.82 bits per heavy atom. The second kappa shape index (κ2) is 5.28. The Morgan fingerprint density at radius 2 is 2.18 bits per heavy atom. The monoisotopic (exact) mass is 252 g/mol. The predicted octanol–water partition coefficient (Wildman–Crippen LogP) is 3.74. The summed E-state index contributed by atoms with van der Waals surface area (Å²) < 4.78 is 0. The van der Waals surface area contributed by atoms with E-state index >= 15 is 0 Å². The van der Waals surface area contributed by atoms with E-state index in [0.717, 1.165) is 17.1 Å². The van der Waals surface area contributed by atoms with E-state index in [1.54, 1.807) is 0 Å². The average Bonchev–Trinajstić information content (AvgIpc) is 2.30. The van der Waals surface area contributed by atoms with Gasteiger partial charge in [-0.15, -0.1) is 0 Å². The van der Waals surface area contributed by atoms with Crippen LogP contribution in [0, 0.1) is 0 Å². The quantitative estimate of drug-likeness (QED) is 0.869. The molecule has 2 N–H and O–H groups in total. The second-order valence-corrected chi connectivity index (χ2v) is 5.47. The first kappa shape index (κ1) is 12.7. The minimum absolute atomic E-state index is 0.0258. The Bertz CT molecular complexity index is 390. The van der Waals surface area contributed by atoms with Gasteiger partial charge in [0.15, 0.2) is 0 Å². The van der Waals surface area contributed by atoms with Crippen molar-refractivity contribution in [3.8, 4) is 0 Å². The van der Waals surface area contributed by atoms with Gasteiger partial charge < -0.3 is 10.6 Å². The molecule has 1 aromatic rings. The number of hydrogen-bond acceptors (Lipinski definition) is 2. The normalized spacial score (nSPS) is 22.6. The molecule has 0 saturated carbocycles. The maximum atomic E-state index is 6.06. The van der Waals surface area contributed by atoms with E-state index in [0.29, 0.717) is 6.04 Å². The summed E-state index contributed by atoms with van der Waals surface area (Å²) in [5.74, 6) is 0. The summed E-state index contributed by atoms with van der Waals surface area (Å²) in [7, 11) is 0. The summed E-state index contributed by atoms with van der Waals surface area (Å²) in [4.78, 5) is 2.47. The lowest BCUT2D eigenvalue weighted by molar-refractivity contribution is 0.483. The summed E-state index contributed by atoms with van der Waals surface area (Å²) in [6.07, 6.45) is 3.87. The van der Waals surface area contributed by atoms with Crippen LogP contribution in [0.3, 0.4) is 0 Å². The molecule has 1 aliphatic rings. The molecule has 0 aliphatic carbocycles. The topological polar surface area (TPSA) is 29.3 Å². The number of piperidine rings is 1. The number of rotatable bonds is 2. The first-order valence-electron chi connectivity index (χ1n) is 6.41. The van der Waals surface area contributed by atoms with Crippen LogP contribution < -0.4 is 10.6 Å². The molecule has 1 aromatic carbocycles. The minimum atomic E-state index is 0.0258. The highest BCUT2D eigenvalue weighted by Gasteiger charge is 2.21. The molecule has 1 heterocycles. The van der Waals surface area contributed by atoms with E-state index in [2.05, 4.69) is 17.9 Å². The second-order valence-electron chi connectivity index (χ2n) is 5.03. The fraction of sp³-hybridized carbons (Fsp3) is 0.571. The van der Waals surface area contributed by atoms with Crippen molar-refractivity contribution in [2.45, 2.75) is 45.2 Å². The fourth-order valence-corrected chi connectivity index (χ4v) is 2.79. The highest BCUT2D eigenvalue weighted by Crippen LogP contribution is 2.32. The number of hydrogen-bond donors (Lipinski definition) is 1. The van der Waals surface area contributed by atoms with Gasteiger partial charge in [0.05, 0.1) is 0 Å². The smallest absolute Gasteiger partial charge is 0.0417 e. The highest BCUT2D eigenvalue weighted by atomic mass is 35.5. The summed E-state index contributed by atoms with van der Waals surface area (Å²) >= 11 is 6.06. The van der Waals surface area contributed by atoms with Crippen LogP contribution in [0.15, 0.2) is 18.2 Å². The Morgan fingerprint density at radius 1 is 1.41 bits per heavy atom. The van der Waals surface area contributed by atoms with Crippen molar-refractivity contribution in [2.75, 3.05) is 11.4 Å². The van der Waals surface area contributed by atoms with Gasteiger partial charge in [-0.25, -0.2) is 0 Å². The zero-order valence-corrected chi connectivity index (χ0v) is 11.4. The van der Waals surface area contributed by atoms with E-state index in [4.69, 9.17) is 17.3 Å². The first-order chi connectivity index (χ1) is 8.09. The summed E-state index contributed by atoms with van der Waals surface area (Å²) in [5, 5.41) is 0.769. The molecule has 1 saturated heterocycles. The van der Waals surface area contributed by atoms with Crippen molar-refractivity contribution < 1.29 is 0 Å². The molecule has 17 heavy (non-hydrogen) atoms. The lowest BCUT2D eigenvalue weighted by Gasteiger charge is -2.37. The minimum Gasteiger partial charge on any atom is -0.369 e. The van der Waals surface area contributed by atoms with E-state index in [9.17, 15) is 0 Å². The van der Waals surface area contributed by atoms with Gasteiger partial charge in [-0.3, -0.25) is 0 Å². The van der Waals surface area contributed by atoms with Crippen LogP contribution in [0.25, 0.3) is 0 Å². The summed E-state index contributed by atoms with van der Waals surface area (Å²) in [5.41, 5.74) is 8.47. The maximum absolute atomic E-state index is 6.06. The third-order valence-corrected chi connectivity index (χ3v) is 3.83. The van der Waals surface area contributed by atoms with Crippen LogP contribution in [-0.2, 0) is 0 Å². The molecule has 0 radical (unpaired) electrons. The maximum Gasteiger partial charge on any atom is 0.0417 e. The van der Waals surface area contributed by atoms with Gasteiger partial charge in [0.1, 0.15) is 0 Å². The van der Waals surface area contributed by atoms with Crippen molar-refractivity contribution >= 4 is 17.3 Å². The molecule has 3 heteroatoms. The Labute approximate surface area is 109 Å². The van der Waals surface area contributed by atoms with Crippen LogP contribution in [0.5, 0.6) is 0 Å². The van der Waals surface area contributed by atoms with Crippen molar-refractivity contribution in [3.63, 3.8) is 0 Å². The van der Waals surface area contributed by atoms with Gasteiger partial charge in [0.25, 0.3) is 0 Å². The molecule has 2 nitrogen and oxygen atoms in total. The van der Waals surface area contributed by atoms with Gasteiger partial charge in [0, 0.05) is 29.3 Å². The lowest BCUT2D eigenvalue weighted by Crippen LogP contribution is -2.38. The van der Waals surface area contributed by atoms with Gasteiger partial charge >= 0.3 is 0 Å². The van der Waals surface area contributed by atoms with E-state index in [1.165, 1.54) is 24.9 Å². The number of nitrogens with zero attached hydrogens (tertiary/aromatic N) is 1. The van der Waals surface area contributed by atoms with Crippen LogP contribution in [0.4, 0.5) is 5.69 Å². The zero-order chi connectivity index (χ0) is 12.4. The molecule has 0 unspecified atom stereocenters. The molecule has 2 atom stereocenters. The Hall–Kier alpha value is -0.730. The standard InChI is InChI=1S/C14H21ClN2/c1-10-5-3-4-8-17(10)14-7-6-12(15)9-13(14)11(2)16/h6-7,9-11H,3-5,8,16H2,1-2H3/t10-,11-/m0/s1. The zero-order valence-electron chi connectivity index (χ0n) is 10.6. The van der Waals surface area contributed by atoms with Gasteiger partial charge in [-0.05, 0) is 56.9 Å². The Kier molecular flexibility index (Phi) is 3.95. The van der Waals surface area contributed by atoms with Gasteiger partial charge in [-0.2, -0.15) is 0 Å². The van der Waals surface area contributed by atoms with E-state index in [1.807, 2.05) is 19.1 Å². The van der Waals surface area contributed by atoms with Gasteiger partial charge in [0.2, 0.25) is 0 Å². The van der Waals surface area contributed by atoms with Gasteiger partial charge in [-0.1, -0.05) is 11.6 Å².